The Morgan fingerprint density at radius 2 is 2.12 bits per heavy atom. The summed E-state index contributed by atoms with van der Waals surface area (Å²) in [6.07, 6.45) is 3.72. The molecule has 2 heterocycles. The van der Waals surface area contributed by atoms with Crippen LogP contribution in [0.5, 0.6) is 0 Å². The van der Waals surface area contributed by atoms with E-state index in [1.165, 1.54) is 30.6 Å². The fourth-order valence-corrected chi connectivity index (χ4v) is 3.38. The smallest absolute Gasteiger partial charge is 0.346 e. The molecule has 2 unspecified atom stereocenters. The molecule has 94 valence electrons. The highest BCUT2D eigenvalue weighted by molar-refractivity contribution is 7.12. The van der Waals surface area contributed by atoms with E-state index in [4.69, 9.17) is 5.11 Å². The van der Waals surface area contributed by atoms with Gasteiger partial charge in [0.1, 0.15) is 4.88 Å². The van der Waals surface area contributed by atoms with Crippen molar-refractivity contribution in [3.05, 3.63) is 21.9 Å². The summed E-state index contributed by atoms with van der Waals surface area (Å²) in [4.78, 5) is 14.0. The van der Waals surface area contributed by atoms with Crippen molar-refractivity contribution in [2.45, 2.75) is 51.7 Å². The molecule has 1 fully saturated rings. The second kappa shape index (κ2) is 5.19. The molecule has 1 N–H and O–H groups in total. The van der Waals surface area contributed by atoms with Crippen LogP contribution in [0.1, 0.15) is 48.3 Å². The quantitative estimate of drug-likeness (QED) is 0.899. The van der Waals surface area contributed by atoms with Gasteiger partial charge in [-0.25, -0.2) is 4.79 Å². The average Bonchev–Trinajstić information content (AvgIpc) is 2.72. The van der Waals surface area contributed by atoms with Crippen molar-refractivity contribution >= 4 is 17.3 Å². The van der Waals surface area contributed by atoms with Gasteiger partial charge in [0.25, 0.3) is 0 Å². The first kappa shape index (κ1) is 12.6. The number of carboxylic acid groups (broad SMARTS) is 1. The van der Waals surface area contributed by atoms with Crippen LogP contribution in [0.3, 0.4) is 0 Å². The van der Waals surface area contributed by atoms with Crippen molar-refractivity contribution in [2.75, 3.05) is 0 Å². The van der Waals surface area contributed by atoms with E-state index in [9.17, 15) is 4.79 Å². The van der Waals surface area contributed by atoms with Crippen LogP contribution >= 0.6 is 11.3 Å². The van der Waals surface area contributed by atoms with E-state index in [1.807, 2.05) is 11.4 Å². The number of carboxylic acids is 1. The van der Waals surface area contributed by atoms with Gasteiger partial charge in [-0.2, -0.15) is 0 Å². The fraction of sp³-hybridized carbons (Fsp3) is 0.615. The van der Waals surface area contributed by atoms with E-state index in [0.717, 1.165) is 12.1 Å². The highest BCUT2D eigenvalue weighted by atomic mass is 32.1. The van der Waals surface area contributed by atoms with E-state index in [0.29, 0.717) is 17.0 Å². The molecule has 1 aliphatic heterocycles. The topological polar surface area (TPSA) is 40.5 Å². The first-order chi connectivity index (χ1) is 8.09. The first-order valence-electron chi connectivity index (χ1n) is 6.15. The second-order valence-electron chi connectivity index (χ2n) is 4.88. The maximum atomic E-state index is 11.1. The van der Waals surface area contributed by atoms with Crippen molar-refractivity contribution in [1.82, 2.24) is 4.90 Å². The second-order valence-corrected chi connectivity index (χ2v) is 5.80. The van der Waals surface area contributed by atoms with Crippen LogP contribution in [0.2, 0.25) is 0 Å². The molecule has 3 nitrogen and oxygen atoms in total. The molecule has 0 aliphatic carbocycles. The number of aromatic carboxylic acids is 1. The molecule has 0 amide bonds. The van der Waals surface area contributed by atoms with Crippen molar-refractivity contribution in [3.8, 4) is 0 Å². The molecule has 0 radical (unpaired) electrons. The van der Waals surface area contributed by atoms with E-state index < -0.39 is 5.97 Å². The minimum atomic E-state index is -0.799. The summed E-state index contributed by atoms with van der Waals surface area (Å²) in [5.41, 5.74) is 0.961. The highest BCUT2D eigenvalue weighted by Gasteiger charge is 2.26. The number of carbonyl (C=O) groups is 1. The molecule has 17 heavy (non-hydrogen) atoms. The Hall–Kier alpha value is -0.870. The summed E-state index contributed by atoms with van der Waals surface area (Å²) in [5.74, 6) is -0.799. The van der Waals surface area contributed by atoms with E-state index in [2.05, 4.69) is 18.7 Å². The number of hydrogen-bond acceptors (Lipinski definition) is 3. The Bertz CT molecular complexity index is 392. The van der Waals surface area contributed by atoms with Crippen LogP contribution in [0.25, 0.3) is 0 Å². The number of thiophene rings is 1. The molecule has 0 bridgehead atoms. The molecule has 4 heteroatoms. The predicted molar refractivity (Wildman–Crippen MR) is 69.6 cm³/mol. The van der Waals surface area contributed by atoms with Crippen LogP contribution in [0, 0.1) is 0 Å². The van der Waals surface area contributed by atoms with Gasteiger partial charge in [-0.15, -0.1) is 11.3 Å². The Balaban J connectivity index is 2.13. The van der Waals surface area contributed by atoms with Crippen LogP contribution in [-0.4, -0.2) is 28.1 Å². The lowest BCUT2D eigenvalue weighted by molar-refractivity contribution is 0.0692. The average molecular weight is 253 g/mol. The summed E-state index contributed by atoms with van der Waals surface area (Å²) in [6, 6.07) is 3.06. The minimum absolute atomic E-state index is 0.495. The third-order valence-corrected chi connectivity index (χ3v) is 4.61. The van der Waals surface area contributed by atoms with Gasteiger partial charge in [-0.1, -0.05) is 6.42 Å². The molecule has 1 aliphatic rings. The maximum absolute atomic E-state index is 11.1. The first-order valence-corrected chi connectivity index (χ1v) is 7.03. The molecule has 2 rings (SSSR count). The van der Waals surface area contributed by atoms with Gasteiger partial charge in [0, 0.05) is 18.6 Å². The number of rotatable bonds is 3. The SMILES string of the molecule is CC1CCCC(C)N1Cc1ccsc1C(=O)O. The van der Waals surface area contributed by atoms with E-state index in [-0.39, 0.29) is 0 Å². The van der Waals surface area contributed by atoms with E-state index >= 15 is 0 Å². The predicted octanol–water partition coefficient (Wildman–Crippen LogP) is 3.21. The Labute approximate surface area is 106 Å². The lowest BCUT2D eigenvalue weighted by atomic mass is 9.97. The maximum Gasteiger partial charge on any atom is 0.346 e. The number of hydrogen-bond donors (Lipinski definition) is 1. The summed E-state index contributed by atoms with van der Waals surface area (Å²) in [6.45, 7) is 5.25. The van der Waals surface area contributed by atoms with Crippen molar-refractivity contribution in [1.29, 1.82) is 0 Å². The van der Waals surface area contributed by atoms with Crippen molar-refractivity contribution in [3.63, 3.8) is 0 Å². The largest absolute Gasteiger partial charge is 0.477 e. The zero-order valence-electron chi connectivity index (χ0n) is 10.3. The Kier molecular flexibility index (Phi) is 3.84. The zero-order valence-corrected chi connectivity index (χ0v) is 11.2. The number of likely N-dealkylation sites (tertiary alicyclic amines) is 1. The highest BCUT2D eigenvalue weighted by Crippen LogP contribution is 2.27. The Morgan fingerprint density at radius 3 is 2.71 bits per heavy atom. The van der Waals surface area contributed by atoms with Gasteiger partial charge in [0.2, 0.25) is 0 Å². The van der Waals surface area contributed by atoms with Gasteiger partial charge < -0.3 is 5.11 Å². The van der Waals surface area contributed by atoms with Gasteiger partial charge in [0.05, 0.1) is 0 Å². The van der Waals surface area contributed by atoms with Crippen molar-refractivity contribution < 1.29 is 9.90 Å². The lowest BCUT2D eigenvalue weighted by Gasteiger charge is -2.39. The third-order valence-electron chi connectivity index (χ3n) is 3.67. The van der Waals surface area contributed by atoms with E-state index in [1.54, 1.807) is 0 Å². The molecule has 0 saturated carbocycles. The van der Waals surface area contributed by atoms with Gasteiger partial charge in [-0.3, -0.25) is 4.90 Å². The fourth-order valence-electron chi connectivity index (χ4n) is 2.63. The number of piperidine rings is 1. The normalized spacial score (nSPS) is 26.0. The number of nitrogens with zero attached hydrogens (tertiary/aromatic N) is 1. The molecule has 2 atom stereocenters. The summed E-state index contributed by atoms with van der Waals surface area (Å²) < 4.78 is 0. The monoisotopic (exact) mass is 253 g/mol. The molecule has 1 aromatic heterocycles. The third kappa shape index (κ3) is 2.69. The summed E-state index contributed by atoms with van der Waals surface area (Å²) >= 11 is 1.32. The van der Waals surface area contributed by atoms with Crippen molar-refractivity contribution in [2.24, 2.45) is 0 Å². The standard InChI is InChI=1S/C13H19NO2S/c1-9-4-3-5-10(2)14(9)8-11-6-7-17-12(11)13(15)16/h6-7,9-10H,3-5,8H2,1-2H3,(H,15,16). The van der Waals surface area contributed by atoms with Crippen LogP contribution in [0.15, 0.2) is 11.4 Å². The molecule has 1 aromatic rings. The van der Waals surface area contributed by atoms with Crippen LogP contribution < -0.4 is 0 Å². The molecule has 0 spiro atoms. The van der Waals surface area contributed by atoms with Crippen LogP contribution in [-0.2, 0) is 6.54 Å². The minimum Gasteiger partial charge on any atom is -0.477 e. The molecule has 0 aromatic carbocycles. The summed E-state index contributed by atoms with van der Waals surface area (Å²) in [7, 11) is 0. The van der Waals surface area contributed by atoms with Gasteiger partial charge in [-0.05, 0) is 43.7 Å². The van der Waals surface area contributed by atoms with Gasteiger partial charge in [0.15, 0.2) is 0 Å². The molecule has 1 saturated heterocycles. The molecular formula is C13H19NO2S. The van der Waals surface area contributed by atoms with Gasteiger partial charge >= 0.3 is 5.97 Å². The molecular weight excluding hydrogens is 234 g/mol. The Morgan fingerprint density at radius 1 is 1.47 bits per heavy atom. The lowest BCUT2D eigenvalue weighted by Crippen LogP contribution is -2.43. The van der Waals surface area contributed by atoms with Crippen LogP contribution in [0.4, 0.5) is 0 Å². The zero-order chi connectivity index (χ0) is 12.4. The summed E-state index contributed by atoms with van der Waals surface area (Å²) in [5, 5.41) is 11.0.